The first-order valence-electron chi connectivity index (χ1n) is 8.84. The molecule has 8 nitrogen and oxygen atoms in total. The molecule has 29 heavy (non-hydrogen) atoms. The molecule has 0 saturated carbocycles. The number of hydrogen-bond donors (Lipinski definition) is 2. The first-order valence-corrected chi connectivity index (χ1v) is 10.9. The Bertz CT molecular complexity index is 837. The lowest BCUT2D eigenvalue weighted by Gasteiger charge is -2.34. The molecule has 0 bridgehead atoms. The maximum Gasteiger partial charge on any atom is 0.418 e. The number of carbonyl (C=O) groups excluding carboxylic acids is 2. The SMILES string of the molecule is CS(=O)(=O)CCNC(=O)N1CCN(CC(=O)Nc2ccccc2C(F)(F)F)CC1. The van der Waals surface area contributed by atoms with Crippen LogP contribution in [0, 0.1) is 0 Å². The topological polar surface area (TPSA) is 98.8 Å². The van der Waals surface area contributed by atoms with E-state index in [9.17, 15) is 31.2 Å². The number of amides is 3. The molecule has 0 aliphatic carbocycles. The lowest BCUT2D eigenvalue weighted by molar-refractivity contribution is -0.137. The van der Waals surface area contributed by atoms with Gasteiger partial charge < -0.3 is 15.5 Å². The number of nitrogens with one attached hydrogen (secondary N) is 2. The van der Waals surface area contributed by atoms with Crippen molar-refractivity contribution < 1.29 is 31.2 Å². The van der Waals surface area contributed by atoms with Crippen LogP contribution in [0.25, 0.3) is 0 Å². The van der Waals surface area contributed by atoms with Crippen molar-refractivity contribution in [3.63, 3.8) is 0 Å². The molecule has 2 rings (SSSR count). The summed E-state index contributed by atoms with van der Waals surface area (Å²) in [5.41, 5.74) is -1.21. The van der Waals surface area contributed by atoms with Crippen LogP contribution in [0.5, 0.6) is 0 Å². The van der Waals surface area contributed by atoms with Crippen molar-refractivity contribution in [2.24, 2.45) is 0 Å². The highest BCUT2D eigenvalue weighted by atomic mass is 32.2. The second-order valence-corrected chi connectivity index (χ2v) is 8.98. The van der Waals surface area contributed by atoms with Crippen molar-refractivity contribution in [1.82, 2.24) is 15.1 Å². The summed E-state index contributed by atoms with van der Waals surface area (Å²) in [4.78, 5) is 27.4. The predicted molar refractivity (Wildman–Crippen MR) is 101 cm³/mol. The van der Waals surface area contributed by atoms with Crippen molar-refractivity contribution in [2.75, 3.05) is 56.6 Å². The second kappa shape index (κ2) is 9.44. The smallest absolute Gasteiger partial charge is 0.337 e. The van der Waals surface area contributed by atoms with E-state index in [-0.39, 0.29) is 24.5 Å². The molecule has 3 amide bonds. The van der Waals surface area contributed by atoms with Gasteiger partial charge >= 0.3 is 12.2 Å². The Morgan fingerprint density at radius 2 is 1.72 bits per heavy atom. The quantitative estimate of drug-likeness (QED) is 0.694. The number of urea groups is 1. The summed E-state index contributed by atoms with van der Waals surface area (Å²) in [5, 5.41) is 4.81. The first kappa shape index (κ1) is 22.9. The Kier molecular flexibility index (Phi) is 7.47. The van der Waals surface area contributed by atoms with E-state index in [4.69, 9.17) is 0 Å². The van der Waals surface area contributed by atoms with Gasteiger partial charge in [0.05, 0.1) is 23.5 Å². The zero-order valence-corrected chi connectivity index (χ0v) is 16.6. The third kappa shape index (κ3) is 7.54. The highest BCUT2D eigenvalue weighted by Crippen LogP contribution is 2.34. The van der Waals surface area contributed by atoms with Gasteiger partial charge in [0.2, 0.25) is 5.91 Å². The minimum absolute atomic E-state index is 0.0128. The fourth-order valence-electron chi connectivity index (χ4n) is 2.80. The van der Waals surface area contributed by atoms with Gasteiger partial charge in [-0.1, -0.05) is 12.1 Å². The molecule has 1 aromatic carbocycles. The number of benzene rings is 1. The van der Waals surface area contributed by atoms with Crippen LogP contribution >= 0.6 is 0 Å². The molecule has 0 atom stereocenters. The molecule has 1 aliphatic heterocycles. The molecule has 12 heteroatoms. The van der Waals surface area contributed by atoms with E-state index < -0.39 is 33.5 Å². The number of piperazine rings is 1. The van der Waals surface area contributed by atoms with Crippen LogP contribution in [0.1, 0.15) is 5.56 Å². The van der Waals surface area contributed by atoms with Crippen LogP contribution in [-0.4, -0.2) is 81.4 Å². The van der Waals surface area contributed by atoms with E-state index in [2.05, 4.69) is 10.6 Å². The Morgan fingerprint density at radius 1 is 1.10 bits per heavy atom. The number of para-hydroxylation sites is 1. The van der Waals surface area contributed by atoms with Gasteiger partial charge in [-0.2, -0.15) is 13.2 Å². The van der Waals surface area contributed by atoms with Gasteiger partial charge in [0.1, 0.15) is 9.84 Å². The fourth-order valence-corrected chi connectivity index (χ4v) is 3.27. The molecule has 1 heterocycles. The van der Waals surface area contributed by atoms with E-state index >= 15 is 0 Å². The standard InChI is InChI=1S/C17H23F3N4O4S/c1-29(27,28)11-6-21-16(26)24-9-7-23(8-10-24)12-15(25)22-14-5-3-2-4-13(14)17(18,19)20/h2-5H,6-12H2,1H3,(H,21,26)(H,22,25). The average molecular weight is 436 g/mol. The largest absolute Gasteiger partial charge is 0.418 e. The number of alkyl halides is 3. The summed E-state index contributed by atoms with van der Waals surface area (Å²) in [5.74, 6) is -0.731. The highest BCUT2D eigenvalue weighted by Gasteiger charge is 2.33. The third-order valence-electron chi connectivity index (χ3n) is 4.28. The summed E-state index contributed by atoms with van der Waals surface area (Å²) in [6.45, 7) is 1.28. The van der Waals surface area contributed by atoms with Crippen molar-refractivity contribution in [3.8, 4) is 0 Å². The van der Waals surface area contributed by atoms with E-state index in [0.717, 1.165) is 12.3 Å². The maximum atomic E-state index is 13.0. The summed E-state index contributed by atoms with van der Waals surface area (Å²) in [6.07, 6.45) is -3.49. The minimum atomic E-state index is -4.57. The maximum absolute atomic E-state index is 13.0. The van der Waals surface area contributed by atoms with Gasteiger partial charge in [-0.15, -0.1) is 0 Å². The zero-order chi connectivity index (χ0) is 21.7. The minimum Gasteiger partial charge on any atom is -0.337 e. The van der Waals surface area contributed by atoms with Crippen molar-refractivity contribution in [3.05, 3.63) is 29.8 Å². The predicted octanol–water partition coefficient (Wildman–Crippen LogP) is 1.02. The van der Waals surface area contributed by atoms with E-state index in [0.29, 0.717) is 26.2 Å². The Morgan fingerprint density at radius 3 is 2.31 bits per heavy atom. The van der Waals surface area contributed by atoms with E-state index in [1.807, 2.05) is 0 Å². The third-order valence-corrected chi connectivity index (χ3v) is 5.23. The molecule has 0 radical (unpaired) electrons. The van der Waals surface area contributed by atoms with Crippen LogP contribution in [-0.2, 0) is 20.8 Å². The number of halogens is 3. The van der Waals surface area contributed by atoms with Crippen LogP contribution in [0.15, 0.2) is 24.3 Å². The molecule has 1 saturated heterocycles. The lowest BCUT2D eigenvalue weighted by atomic mass is 10.1. The lowest BCUT2D eigenvalue weighted by Crippen LogP contribution is -2.53. The summed E-state index contributed by atoms with van der Waals surface area (Å²) >= 11 is 0. The summed E-state index contributed by atoms with van der Waals surface area (Å²) in [6, 6.07) is 4.36. The first-order chi connectivity index (χ1) is 13.5. The number of hydrogen-bond acceptors (Lipinski definition) is 5. The van der Waals surface area contributed by atoms with Gasteiger partial charge in [0.15, 0.2) is 0 Å². The summed E-state index contributed by atoms with van der Waals surface area (Å²) < 4.78 is 61.1. The van der Waals surface area contributed by atoms with Gasteiger partial charge in [-0.05, 0) is 12.1 Å². The normalized spacial score (nSPS) is 15.8. The van der Waals surface area contributed by atoms with Gasteiger partial charge in [-0.3, -0.25) is 9.69 Å². The van der Waals surface area contributed by atoms with Crippen molar-refractivity contribution in [1.29, 1.82) is 0 Å². The molecule has 1 fully saturated rings. The molecular formula is C17H23F3N4O4S. The number of anilines is 1. The molecule has 0 spiro atoms. The molecule has 1 aliphatic rings. The molecule has 162 valence electrons. The molecule has 0 aromatic heterocycles. The number of sulfone groups is 1. The number of nitrogens with zero attached hydrogens (tertiary/aromatic N) is 2. The fraction of sp³-hybridized carbons (Fsp3) is 0.529. The Hall–Kier alpha value is -2.34. The van der Waals surface area contributed by atoms with Crippen LogP contribution in [0.3, 0.4) is 0 Å². The monoisotopic (exact) mass is 436 g/mol. The van der Waals surface area contributed by atoms with Crippen LogP contribution < -0.4 is 10.6 Å². The van der Waals surface area contributed by atoms with E-state index in [1.165, 1.54) is 23.1 Å². The summed E-state index contributed by atoms with van der Waals surface area (Å²) in [7, 11) is -3.17. The molecule has 0 unspecified atom stereocenters. The van der Waals surface area contributed by atoms with Crippen LogP contribution in [0.4, 0.5) is 23.7 Å². The molecule has 2 N–H and O–H groups in total. The van der Waals surface area contributed by atoms with Gasteiger partial charge in [0.25, 0.3) is 0 Å². The second-order valence-electron chi connectivity index (χ2n) is 6.72. The van der Waals surface area contributed by atoms with Gasteiger partial charge in [0, 0.05) is 39.0 Å². The van der Waals surface area contributed by atoms with Crippen molar-refractivity contribution in [2.45, 2.75) is 6.18 Å². The Balaban J connectivity index is 1.80. The van der Waals surface area contributed by atoms with E-state index in [1.54, 1.807) is 4.90 Å². The Labute approximate surface area is 167 Å². The van der Waals surface area contributed by atoms with Crippen molar-refractivity contribution >= 4 is 27.5 Å². The van der Waals surface area contributed by atoms with Gasteiger partial charge in [-0.25, -0.2) is 13.2 Å². The van der Waals surface area contributed by atoms with Crippen LogP contribution in [0.2, 0.25) is 0 Å². The molecule has 1 aromatic rings. The average Bonchev–Trinajstić information content (AvgIpc) is 2.60. The number of rotatable bonds is 6. The highest BCUT2D eigenvalue weighted by molar-refractivity contribution is 7.90. The number of carbonyl (C=O) groups is 2. The molecular weight excluding hydrogens is 413 g/mol. The zero-order valence-electron chi connectivity index (χ0n) is 15.8.